The maximum atomic E-state index is 12.5. The molecule has 0 bridgehead atoms. The average molecular weight is 433 g/mol. The van der Waals surface area contributed by atoms with Gasteiger partial charge in [0.05, 0.1) is 26.3 Å². The van der Waals surface area contributed by atoms with Crippen LogP contribution in [-0.2, 0) is 11.3 Å². The highest BCUT2D eigenvalue weighted by atomic mass is 16.5. The second-order valence-corrected chi connectivity index (χ2v) is 7.03. The fourth-order valence-electron chi connectivity index (χ4n) is 3.27. The molecule has 0 fully saturated rings. The molecule has 0 aliphatic heterocycles. The van der Waals surface area contributed by atoms with E-state index in [1.807, 2.05) is 42.5 Å². The number of amides is 1. The molecule has 4 aromatic rings. The van der Waals surface area contributed by atoms with Crippen LogP contribution in [0.5, 0.6) is 17.2 Å². The van der Waals surface area contributed by atoms with E-state index >= 15 is 0 Å². The van der Waals surface area contributed by atoms with Crippen molar-refractivity contribution in [1.82, 2.24) is 15.5 Å². The standard InChI is InChI=1S/C24H23N3O5/c1-15(31-20-10-6-8-16-7-4-5-9-18(16)20)24(28)25-14-22-26-23(27-32-22)19-12-11-17(29-2)13-21(19)30-3/h4-13,15H,14H2,1-3H3,(H,25,28)/t15-/m0/s1. The number of aromatic nitrogens is 2. The minimum absolute atomic E-state index is 0.0769. The van der Waals surface area contributed by atoms with Gasteiger partial charge in [-0.1, -0.05) is 41.6 Å². The van der Waals surface area contributed by atoms with E-state index in [1.165, 1.54) is 0 Å². The molecule has 1 aromatic heterocycles. The number of hydrogen-bond donors (Lipinski definition) is 1. The predicted octanol–water partition coefficient (Wildman–Crippen LogP) is 3.99. The molecule has 8 nitrogen and oxygen atoms in total. The Hall–Kier alpha value is -4.07. The van der Waals surface area contributed by atoms with E-state index in [1.54, 1.807) is 39.3 Å². The Morgan fingerprint density at radius 1 is 1.03 bits per heavy atom. The zero-order valence-corrected chi connectivity index (χ0v) is 18.0. The van der Waals surface area contributed by atoms with Gasteiger partial charge in [-0.25, -0.2) is 0 Å². The van der Waals surface area contributed by atoms with E-state index in [9.17, 15) is 4.79 Å². The van der Waals surface area contributed by atoms with Crippen LogP contribution in [0.15, 0.2) is 65.2 Å². The van der Waals surface area contributed by atoms with E-state index in [2.05, 4.69) is 15.5 Å². The summed E-state index contributed by atoms with van der Waals surface area (Å²) in [6, 6.07) is 18.9. The molecule has 1 N–H and O–H groups in total. The van der Waals surface area contributed by atoms with Crippen molar-refractivity contribution in [2.75, 3.05) is 14.2 Å². The van der Waals surface area contributed by atoms with Gasteiger partial charge in [-0.3, -0.25) is 4.79 Å². The molecule has 1 heterocycles. The van der Waals surface area contributed by atoms with Crippen LogP contribution in [0, 0.1) is 0 Å². The number of hydrogen-bond acceptors (Lipinski definition) is 7. The van der Waals surface area contributed by atoms with Crippen LogP contribution >= 0.6 is 0 Å². The number of fused-ring (bicyclic) bond motifs is 1. The number of benzene rings is 3. The van der Waals surface area contributed by atoms with Crippen molar-refractivity contribution in [2.24, 2.45) is 0 Å². The Morgan fingerprint density at radius 3 is 2.66 bits per heavy atom. The highest BCUT2D eigenvalue weighted by molar-refractivity contribution is 5.89. The van der Waals surface area contributed by atoms with Gasteiger partial charge in [0.25, 0.3) is 5.91 Å². The lowest BCUT2D eigenvalue weighted by atomic mass is 10.1. The number of nitrogens with zero attached hydrogens (tertiary/aromatic N) is 2. The molecular formula is C24H23N3O5. The van der Waals surface area contributed by atoms with Gasteiger partial charge in [-0.15, -0.1) is 0 Å². The summed E-state index contributed by atoms with van der Waals surface area (Å²) in [6.45, 7) is 1.77. The summed E-state index contributed by atoms with van der Waals surface area (Å²) in [6.07, 6.45) is -0.704. The third-order valence-corrected chi connectivity index (χ3v) is 4.95. The van der Waals surface area contributed by atoms with E-state index < -0.39 is 6.10 Å². The first-order chi connectivity index (χ1) is 15.6. The van der Waals surface area contributed by atoms with Crippen LogP contribution in [0.25, 0.3) is 22.2 Å². The molecule has 1 atom stereocenters. The zero-order chi connectivity index (χ0) is 22.5. The quantitative estimate of drug-likeness (QED) is 0.449. The van der Waals surface area contributed by atoms with Crippen molar-refractivity contribution >= 4 is 16.7 Å². The Labute approximate surface area is 185 Å². The molecule has 1 amide bonds. The van der Waals surface area contributed by atoms with Crippen LogP contribution in [0.3, 0.4) is 0 Å². The van der Waals surface area contributed by atoms with E-state index in [0.717, 1.165) is 10.8 Å². The fraction of sp³-hybridized carbons (Fsp3) is 0.208. The van der Waals surface area contributed by atoms with Gasteiger partial charge < -0.3 is 24.1 Å². The summed E-state index contributed by atoms with van der Waals surface area (Å²) < 4.78 is 21.8. The zero-order valence-electron chi connectivity index (χ0n) is 18.0. The van der Waals surface area contributed by atoms with Crippen LogP contribution in [0.2, 0.25) is 0 Å². The molecule has 164 valence electrons. The Kier molecular flexibility index (Phi) is 6.21. The summed E-state index contributed by atoms with van der Waals surface area (Å²) >= 11 is 0. The lowest BCUT2D eigenvalue weighted by Gasteiger charge is -2.15. The lowest BCUT2D eigenvalue weighted by Crippen LogP contribution is -2.36. The molecule has 8 heteroatoms. The maximum Gasteiger partial charge on any atom is 0.261 e. The molecule has 0 saturated heterocycles. The summed E-state index contributed by atoms with van der Waals surface area (Å²) in [5.74, 6) is 2.19. The summed E-state index contributed by atoms with van der Waals surface area (Å²) in [5.41, 5.74) is 0.655. The smallest absolute Gasteiger partial charge is 0.261 e. The van der Waals surface area contributed by atoms with Crippen LogP contribution in [0.1, 0.15) is 12.8 Å². The molecule has 0 aliphatic carbocycles. The number of nitrogens with one attached hydrogen (secondary N) is 1. The van der Waals surface area contributed by atoms with Gasteiger partial charge in [0.15, 0.2) is 6.10 Å². The predicted molar refractivity (Wildman–Crippen MR) is 119 cm³/mol. The molecule has 3 aromatic carbocycles. The minimum atomic E-state index is -0.704. The Balaban J connectivity index is 1.40. The van der Waals surface area contributed by atoms with Gasteiger partial charge in [-0.2, -0.15) is 4.98 Å². The molecule has 0 aliphatic rings. The van der Waals surface area contributed by atoms with Crippen molar-refractivity contribution in [3.8, 4) is 28.6 Å². The summed E-state index contributed by atoms with van der Waals surface area (Å²) in [5, 5.41) is 8.75. The molecular weight excluding hydrogens is 410 g/mol. The van der Waals surface area contributed by atoms with E-state index in [-0.39, 0.29) is 18.3 Å². The highest BCUT2D eigenvalue weighted by Gasteiger charge is 2.18. The number of ether oxygens (including phenoxy) is 3. The first-order valence-corrected chi connectivity index (χ1v) is 10.1. The van der Waals surface area contributed by atoms with Gasteiger partial charge in [0, 0.05) is 11.5 Å². The van der Waals surface area contributed by atoms with Gasteiger partial charge in [0.2, 0.25) is 11.7 Å². The summed E-state index contributed by atoms with van der Waals surface area (Å²) in [7, 11) is 3.13. The van der Waals surface area contributed by atoms with Crippen LogP contribution in [0.4, 0.5) is 0 Å². The highest BCUT2D eigenvalue weighted by Crippen LogP contribution is 2.31. The van der Waals surface area contributed by atoms with E-state index in [4.69, 9.17) is 18.7 Å². The largest absolute Gasteiger partial charge is 0.497 e. The van der Waals surface area contributed by atoms with Crippen LogP contribution < -0.4 is 19.5 Å². The molecule has 0 spiro atoms. The number of rotatable bonds is 8. The number of carbonyl (C=O) groups excluding carboxylic acids is 1. The molecule has 0 radical (unpaired) electrons. The number of carbonyl (C=O) groups is 1. The van der Waals surface area contributed by atoms with Crippen molar-refractivity contribution in [3.05, 3.63) is 66.6 Å². The SMILES string of the molecule is COc1ccc(-c2noc(CNC(=O)[C@H](C)Oc3cccc4ccccc34)n2)c(OC)c1. The van der Waals surface area contributed by atoms with Crippen molar-refractivity contribution < 1.29 is 23.5 Å². The Morgan fingerprint density at radius 2 is 1.84 bits per heavy atom. The fourth-order valence-corrected chi connectivity index (χ4v) is 3.27. The average Bonchev–Trinajstić information content (AvgIpc) is 3.31. The van der Waals surface area contributed by atoms with E-state index in [0.29, 0.717) is 28.6 Å². The third kappa shape index (κ3) is 4.49. The second-order valence-electron chi connectivity index (χ2n) is 7.03. The van der Waals surface area contributed by atoms with Crippen LogP contribution in [-0.4, -0.2) is 36.4 Å². The molecule has 4 rings (SSSR count). The second kappa shape index (κ2) is 9.38. The van der Waals surface area contributed by atoms with Crippen molar-refractivity contribution in [2.45, 2.75) is 19.6 Å². The lowest BCUT2D eigenvalue weighted by molar-refractivity contribution is -0.127. The third-order valence-electron chi connectivity index (χ3n) is 4.95. The van der Waals surface area contributed by atoms with Gasteiger partial charge in [0.1, 0.15) is 17.2 Å². The van der Waals surface area contributed by atoms with Crippen molar-refractivity contribution in [3.63, 3.8) is 0 Å². The van der Waals surface area contributed by atoms with Gasteiger partial charge >= 0.3 is 0 Å². The first-order valence-electron chi connectivity index (χ1n) is 10.1. The summed E-state index contributed by atoms with van der Waals surface area (Å²) in [4.78, 5) is 16.9. The molecule has 0 unspecified atom stereocenters. The minimum Gasteiger partial charge on any atom is -0.497 e. The maximum absolute atomic E-state index is 12.5. The van der Waals surface area contributed by atoms with Crippen molar-refractivity contribution in [1.29, 1.82) is 0 Å². The normalized spacial score (nSPS) is 11.7. The first kappa shape index (κ1) is 21.2. The molecule has 32 heavy (non-hydrogen) atoms. The monoisotopic (exact) mass is 433 g/mol. The Bertz CT molecular complexity index is 1230. The topological polar surface area (TPSA) is 95.7 Å². The number of methoxy groups -OCH3 is 2. The van der Waals surface area contributed by atoms with Gasteiger partial charge in [-0.05, 0) is 30.5 Å². The molecule has 0 saturated carbocycles.